The number of nitrogens with two attached hydrogens (primary N) is 1. The summed E-state index contributed by atoms with van der Waals surface area (Å²) in [6.07, 6.45) is 0. The molecule has 1 atom stereocenters. The van der Waals surface area contributed by atoms with Crippen molar-refractivity contribution in [3.8, 4) is 0 Å². The molecule has 21 heavy (non-hydrogen) atoms. The van der Waals surface area contributed by atoms with Gasteiger partial charge in [-0.15, -0.1) is 0 Å². The Bertz CT molecular complexity index is 596. The van der Waals surface area contributed by atoms with E-state index in [4.69, 9.17) is 5.73 Å². The molecule has 0 aromatic heterocycles. The molecule has 0 aliphatic heterocycles. The first-order valence-electron chi connectivity index (χ1n) is 7.02. The highest BCUT2D eigenvalue weighted by Gasteiger charge is 2.11. The third-order valence-corrected chi connectivity index (χ3v) is 4.11. The van der Waals surface area contributed by atoms with Gasteiger partial charge in [0.1, 0.15) is 5.82 Å². The number of rotatable bonds is 5. The molecule has 0 bridgehead atoms. The largest absolute Gasteiger partial charge is 0.377 e. The van der Waals surface area contributed by atoms with E-state index in [1.807, 2.05) is 0 Å². The van der Waals surface area contributed by atoms with Crippen molar-refractivity contribution in [3.05, 3.63) is 63.9 Å². The third-order valence-electron chi connectivity index (χ3n) is 3.50. The lowest BCUT2D eigenvalue weighted by Crippen LogP contribution is -2.20. The van der Waals surface area contributed by atoms with E-state index >= 15 is 0 Å². The summed E-state index contributed by atoms with van der Waals surface area (Å²) in [5.74, 6) is 0.238. The van der Waals surface area contributed by atoms with Crippen LogP contribution >= 0.6 is 15.9 Å². The molecule has 2 nitrogen and oxygen atoms in total. The van der Waals surface area contributed by atoms with Crippen LogP contribution in [-0.2, 0) is 0 Å². The maximum absolute atomic E-state index is 13.3. The van der Waals surface area contributed by atoms with Crippen LogP contribution in [0.4, 0.5) is 10.1 Å². The molecule has 0 heterocycles. The summed E-state index contributed by atoms with van der Waals surface area (Å²) < 4.78 is 13.7. The van der Waals surface area contributed by atoms with Gasteiger partial charge in [0.2, 0.25) is 0 Å². The first-order chi connectivity index (χ1) is 10.0. The molecule has 3 N–H and O–H groups in total. The van der Waals surface area contributed by atoms with Crippen LogP contribution in [0.15, 0.2) is 46.9 Å². The fourth-order valence-corrected chi connectivity index (χ4v) is 2.56. The molecule has 0 amide bonds. The Morgan fingerprint density at radius 2 is 1.71 bits per heavy atom. The minimum Gasteiger partial charge on any atom is -0.377 e. The van der Waals surface area contributed by atoms with Gasteiger partial charge in [-0.25, -0.2) is 4.39 Å². The van der Waals surface area contributed by atoms with Crippen LogP contribution in [0.5, 0.6) is 0 Å². The fraction of sp³-hybridized carbons (Fsp3) is 0.294. The van der Waals surface area contributed by atoms with Crippen LogP contribution < -0.4 is 11.1 Å². The van der Waals surface area contributed by atoms with Gasteiger partial charge in [0.15, 0.2) is 0 Å². The van der Waals surface area contributed by atoms with Crippen LogP contribution in [0.1, 0.15) is 36.9 Å². The number of anilines is 1. The minimum atomic E-state index is -0.272. The SMILES string of the molecule is CC(C)c1ccc(C(CN)Nc2ccc(F)c(Br)c2)cc1. The van der Waals surface area contributed by atoms with Crippen molar-refractivity contribution in [1.29, 1.82) is 0 Å². The van der Waals surface area contributed by atoms with Gasteiger partial charge in [-0.05, 0) is 51.2 Å². The lowest BCUT2D eigenvalue weighted by Gasteiger charge is -2.19. The van der Waals surface area contributed by atoms with Crippen LogP contribution in [0.2, 0.25) is 0 Å². The average Bonchev–Trinajstić information content (AvgIpc) is 2.48. The number of hydrogen-bond donors (Lipinski definition) is 2. The molecule has 112 valence electrons. The van der Waals surface area contributed by atoms with Crippen molar-refractivity contribution in [2.24, 2.45) is 5.73 Å². The average molecular weight is 351 g/mol. The van der Waals surface area contributed by atoms with E-state index in [1.165, 1.54) is 11.6 Å². The Morgan fingerprint density at radius 3 is 2.24 bits per heavy atom. The van der Waals surface area contributed by atoms with Gasteiger partial charge in [-0.2, -0.15) is 0 Å². The number of hydrogen-bond acceptors (Lipinski definition) is 2. The van der Waals surface area contributed by atoms with Crippen LogP contribution in [0.3, 0.4) is 0 Å². The Hall–Kier alpha value is -1.39. The second kappa shape index (κ2) is 7.05. The Morgan fingerprint density at radius 1 is 1.10 bits per heavy atom. The zero-order chi connectivity index (χ0) is 15.4. The molecular formula is C17H20BrFN2. The lowest BCUT2D eigenvalue weighted by atomic mass is 9.99. The van der Waals surface area contributed by atoms with Crippen LogP contribution in [0, 0.1) is 5.82 Å². The van der Waals surface area contributed by atoms with Gasteiger partial charge in [0, 0.05) is 12.2 Å². The maximum Gasteiger partial charge on any atom is 0.137 e. The molecule has 0 saturated carbocycles. The number of benzene rings is 2. The molecule has 0 fully saturated rings. The molecule has 2 aromatic rings. The van der Waals surface area contributed by atoms with Gasteiger partial charge < -0.3 is 11.1 Å². The summed E-state index contributed by atoms with van der Waals surface area (Å²) in [6.45, 7) is 4.81. The van der Waals surface area contributed by atoms with Gasteiger partial charge in [-0.1, -0.05) is 38.1 Å². The zero-order valence-corrected chi connectivity index (χ0v) is 13.8. The van der Waals surface area contributed by atoms with E-state index in [0.29, 0.717) is 16.9 Å². The van der Waals surface area contributed by atoms with E-state index in [9.17, 15) is 4.39 Å². The molecule has 0 aliphatic carbocycles. The smallest absolute Gasteiger partial charge is 0.137 e. The van der Waals surface area contributed by atoms with Crippen molar-refractivity contribution in [2.75, 3.05) is 11.9 Å². The van der Waals surface area contributed by atoms with Crippen molar-refractivity contribution >= 4 is 21.6 Å². The normalized spacial score (nSPS) is 12.5. The summed E-state index contributed by atoms with van der Waals surface area (Å²) >= 11 is 3.19. The summed E-state index contributed by atoms with van der Waals surface area (Å²) in [6, 6.07) is 13.3. The zero-order valence-electron chi connectivity index (χ0n) is 12.2. The predicted octanol–water partition coefficient (Wildman–Crippen LogP) is 4.82. The molecule has 2 rings (SSSR count). The van der Waals surface area contributed by atoms with E-state index < -0.39 is 0 Å². The second-order valence-corrected chi connectivity index (χ2v) is 6.24. The summed E-state index contributed by atoms with van der Waals surface area (Å²) in [7, 11) is 0. The molecular weight excluding hydrogens is 331 g/mol. The van der Waals surface area contributed by atoms with Gasteiger partial charge in [0.05, 0.1) is 10.5 Å². The molecule has 0 radical (unpaired) electrons. The molecule has 0 spiro atoms. The third kappa shape index (κ3) is 4.05. The quantitative estimate of drug-likeness (QED) is 0.810. The monoisotopic (exact) mass is 350 g/mol. The predicted molar refractivity (Wildman–Crippen MR) is 90.0 cm³/mol. The molecule has 1 unspecified atom stereocenters. The first-order valence-corrected chi connectivity index (χ1v) is 7.82. The highest BCUT2D eigenvalue weighted by Crippen LogP contribution is 2.25. The fourth-order valence-electron chi connectivity index (χ4n) is 2.18. The maximum atomic E-state index is 13.3. The summed E-state index contributed by atoms with van der Waals surface area (Å²) in [4.78, 5) is 0. The first kappa shape index (κ1) is 16.0. The van der Waals surface area contributed by atoms with E-state index in [0.717, 1.165) is 11.3 Å². The Balaban J connectivity index is 2.17. The lowest BCUT2D eigenvalue weighted by molar-refractivity contribution is 0.621. The molecule has 0 saturated heterocycles. The summed E-state index contributed by atoms with van der Waals surface area (Å²) in [5, 5.41) is 3.34. The summed E-state index contributed by atoms with van der Waals surface area (Å²) in [5.41, 5.74) is 9.14. The van der Waals surface area contributed by atoms with Gasteiger partial charge in [-0.3, -0.25) is 0 Å². The second-order valence-electron chi connectivity index (χ2n) is 5.38. The topological polar surface area (TPSA) is 38.0 Å². The van der Waals surface area contributed by atoms with Crippen molar-refractivity contribution < 1.29 is 4.39 Å². The molecule has 2 aromatic carbocycles. The number of nitrogens with one attached hydrogen (secondary N) is 1. The molecule has 0 aliphatic rings. The highest BCUT2D eigenvalue weighted by atomic mass is 79.9. The highest BCUT2D eigenvalue weighted by molar-refractivity contribution is 9.10. The Labute approximate surface area is 133 Å². The number of halogens is 2. The van der Waals surface area contributed by atoms with Gasteiger partial charge >= 0.3 is 0 Å². The van der Waals surface area contributed by atoms with Crippen LogP contribution in [0.25, 0.3) is 0 Å². The Kier molecular flexibility index (Phi) is 5.37. The van der Waals surface area contributed by atoms with E-state index in [-0.39, 0.29) is 11.9 Å². The van der Waals surface area contributed by atoms with E-state index in [1.54, 1.807) is 12.1 Å². The van der Waals surface area contributed by atoms with Crippen LogP contribution in [-0.4, -0.2) is 6.54 Å². The van der Waals surface area contributed by atoms with E-state index in [2.05, 4.69) is 59.4 Å². The van der Waals surface area contributed by atoms with Gasteiger partial charge in [0.25, 0.3) is 0 Å². The standard InChI is InChI=1S/C17H20BrFN2/c1-11(2)12-3-5-13(6-4-12)17(10-20)21-14-7-8-16(19)15(18)9-14/h3-9,11,17,21H,10,20H2,1-2H3. The minimum absolute atomic E-state index is 0.00331. The van der Waals surface area contributed by atoms with Crippen molar-refractivity contribution in [2.45, 2.75) is 25.8 Å². The van der Waals surface area contributed by atoms with Crippen molar-refractivity contribution in [3.63, 3.8) is 0 Å². The molecule has 4 heteroatoms. The van der Waals surface area contributed by atoms with Crippen molar-refractivity contribution in [1.82, 2.24) is 0 Å².